The third kappa shape index (κ3) is 3.18. The SMILES string of the molecule is CCC(C(=O)N1CCCC(C(=O)O)C1)c1ccccc1. The van der Waals surface area contributed by atoms with E-state index >= 15 is 0 Å². The van der Waals surface area contributed by atoms with Crippen LogP contribution in [0.2, 0.25) is 0 Å². The summed E-state index contributed by atoms with van der Waals surface area (Å²) in [5, 5.41) is 9.11. The number of carboxylic acids is 1. The minimum Gasteiger partial charge on any atom is -0.481 e. The number of carboxylic acid groups (broad SMARTS) is 1. The number of aliphatic carboxylic acids is 1. The molecule has 0 aliphatic carbocycles. The minimum absolute atomic E-state index is 0.0599. The summed E-state index contributed by atoms with van der Waals surface area (Å²) in [5.41, 5.74) is 1.01. The number of rotatable bonds is 4. The number of nitrogens with zero attached hydrogens (tertiary/aromatic N) is 1. The van der Waals surface area contributed by atoms with E-state index in [4.69, 9.17) is 5.11 Å². The van der Waals surface area contributed by atoms with E-state index in [1.165, 1.54) is 0 Å². The first-order valence-electron chi connectivity index (χ1n) is 7.20. The highest BCUT2D eigenvalue weighted by molar-refractivity contribution is 5.84. The Morgan fingerprint density at radius 2 is 2.05 bits per heavy atom. The summed E-state index contributed by atoms with van der Waals surface area (Å²) in [7, 11) is 0. The summed E-state index contributed by atoms with van der Waals surface area (Å²) in [5.74, 6) is -1.32. The second-order valence-corrected chi connectivity index (χ2v) is 5.33. The highest BCUT2D eigenvalue weighted by Crippen LogP contribution is 2.25. The van der Waals surface area contributed by atoms with Gasteiger partial charge in [0.05, 0.1) is 11.8 Å². The lowest BCUT2D eigenvalue weighted by molar-refractivity contribution is -0.146. The molecule has 1 aliphatic rings. The van der Waals surface area contributed by atoms with Crippen molar-refractivity contribution in [2.75, 3.05) is 13.1 Å². The molecule has 1 saturated heterocycles. The van der Waals surface area contributed by atoms with Crippen LogP contribution in [0.4, 0.5) is 0 Å². The van der Waals surface area contributed by atoms with Crippen LogP contribution >= 0.6 is 0 Å². The Hall–Kier alpha value is -1.84. The molecule has 0 aromatic heterocycles. The van der Waals surface area contributed by atoms with E-state index in [0.717, 1.165) is 18.4 Å². The van der Waals surface area contributed by atoms with Gasteiger partial charge < -0.3 is 10.0 Å². The zero-order valence-corrected chi connectivity index (χ0v) is 11.8. The van der Waals surface area contributed by atoms with Gasteiger partial charge in [-0.3, -0.25) is 9.59 Å². The molecule has 1 aliphatic heterocycles. The van der Waals surface area contributed by atoms with E-state index in [-0.39, 0.29) is 11.8 Å². The van der Waals surface area contributed by atoms with E-state index in [0.29, 0.717) is 19.5 Å². The van der Waals surface area contributed by atoms with Crippen LogP contribution in [0.5, 0.6) is 0 Å². The van der Waals surface area contributed by atoms with E-state index in [9.17, 15) is 9.59 Å². The van der Waals surface area contributed by atoms with Gasteiger partial charge in [0.15, 0.2) is 0 Å². The molecule has 2 rings (SSSR count). The summed E-state index contributed by atoms with van der Waals surface area (Å²) in [6, 6.07) is 9.72. The van der Waals surface area contributed by atoms with Crippen LogP contribution in [0.15, 0.2) is 30.3 Å². The van der Waals surface area contributed by atoms with Gasteiger partial charge >= 0.3 is 5.97 Å². The average Bonchev–Trinajstić information content (AvgIpc) is 2.49. The molecule has 1 heterocycles. The lowest BCUT2D eigenvalue weighted by Crippen LogP contribution is -2.44. The van der Waals surface area contributed by atoms with Gasteiger partial charge in [-0.15, -0.1) is 0 Å². The van der Waals surface area contributed by atoms with Gasteiger partial charge in [-0.05, 0) is 24.8 Å². The number of carbonyl (C=O) groups excluding carboxylic acids is 1. The molecule has 4 nitrogen and oxygen atoms in total. The molecule has 108 valence electrons. The van der Waals surface area contributed by atoms with Crippen LogP contribution < -0.4 is 0 Å². The Kier molecular flexibility index (Phi) is 4.77. The number of hydrogen-bond donors (Lipinski definition) is 1. The summed E-state index contributed by atoms with van der Waals surface area (Å²) in [6.45, 7) is 3.01. The molecule has 4 heteroatoms. The highest BCUT2D eigenvalue weighted by Gasteiger charge is 2.31. The number of carbonyl (C=O) groups is 2. The zero-order valence-electron chi connectivity index (χ0n) is 11.8. The first-order valence-corrected chi connectivity index (χ1v) is 7.20. The predicted octanol–water partition coefficient (Wildman–Crippen LogP) is 2.50. The van der Waals surface area contributed by atoms with Gasteiger partial charge in [0.2, 0.25) is 5.91 Å². The molecule has 2 atom stereocenters. The standard InChI is InChI=1S/C16H21NO3/c1-2-14(12-7-4-3-5-8-12)15(18)17-10-6-9-13(11-17)16(19)20/h3-5,7-8,13-14H,2,6,9-11H2,1H3,(H,19,20). The van der Waals surface area contributed by atoms with E-state index in [1.54, 1.807) is 4.90 Å². The molecule has 0 saturated carbocycles. The molecule has 0 bridgehead atoms. The first kappa shape index (κ1) is 14.6. The van der Waals surface area contributed by atoms with Crippen molar-refractivity contribution >= 4 is 11.9 Å². The topological polar surface area (TPSA) is 57.6 Å². The Labute approximate surface area is 119 Å². The van der Waals surface area contributed by atoms with Crippen molar-refractivity contribution in [3.05, 3.63) is 35.9 Å². The largest absolute Gasteiger partial charge is 0.481 e. The number of benzene rings is 1. The number of hydrogen-bond acceptors (Lipinski definition) is 2. The van der Waals surface area contributed by atoms with Gasteiger partial charge in [-0.2, -0.15) is 0 Å². The van der Waals surface area contributed by atoms with Crippen molar-refractivity contribution in [3.63, 3.8) is 0 Å². The Morgan fingerprint density at radius 1 is 1.35 bits per heavy atom. The van der Waals surface area contributed by atoms with E-state index in [1.807, 2.05) is 37.3 Å². The predicted molar refractivity (Wildman–Crippen MR) is 76.4 cm³/mol. The molecule has 1 amide bonds. The quantitative estimate of drug-likeness (QED) is 0.918. The Morgan fingerprint density at radius 3 is 2.65 bits per heavy atom. The summed E-state index contributed by atoms with van der Waals surface area (Å²) >= 11 is 0. The monoisotopic (exact) mass is 275 g/mol. The molecule has 1 aromatic carbocycles. The number of piperidine rings is 1. The lowest BCUT2D eigenvalue weighted by atomic mass is 9.92. The van der Waals surface area contributed by atoms with Crippen LogP contribution in [0.25, 0.3) is 0 Å². The lowest BCUT2D eigenvalue weighted by Gasteiger charge is -2.33. The van der Waals surface area contributed by atoms with Crippen LogP contribution in [0.3, 0.4) is 0 Å². The molecular formula is C16H21NO3. The van der Waals surface area contributed by atoms with Crippen molar-refractivity contribution in [3.8, 4) is 0 Å². The van der Waals surface area contributed by atoms with Crippen LogP contribution in [-0.4, -0.2) is 35.0 Å². The van der Waals surface area contributed by atoms with E-state index in [2.05, 4.69) is 0 Å². The minimum atomic E-state index is -0.796. The van der Waals surface area contributed by atoms with Crippen molar-refractivity contribution in [2.24, 2.45) is 5.92 Å². The van der Waals surface area contributed by atoms with Crippen LogP contribution in [-0.2, 0) is 9.59 Å². The van der Waals surface area contributed by atoms with Crippen molar-refractivity contribution in [1.82, 2.24) is 4.90 Å². The third-order valence-electron chi connectivity index (χ3n) is 3.99. The van der Waals surface area contributed by atoms with Gasteiger partial charge in [-0.1, -0.05) is 37.3 Å². The normalized spacial score (nSPS) is 20.4. The van der Waals surface area contributed by atoms with Gasteiger partial charge in [0.25, 0.3) is 0 Å². The van der Waals surface area contributed by atoms with Gasteiger partial charge in [0, 0.05) is 13.1 Å². The Bertz CT molecular complexity index is 472. The fourth-order valence-electron chi connectivity index (χ4n) is 2.84. The van der Waals surface area contributed by atoms with E-state index < -0.39 is 11.9 Å². The molecule has 1 N–H and O–H groups in total. The zero-order chi connectivity index (χ0) is 14.5. The highest BCUT2D eigenvalue weighted by atomic mass is 16.4. The second-order valence-electron chi connectivity index (χ2n) is 5.33. The smallest absolute Gasteiger partial charge is 0.308 e. The fraction of sp³-hybridized carbons (Fsp3) is 0.500. The van der Waals surface area contributed by atoms with Crippen LogP contribution in [0, 0.1) is 5.92 Å². The molecule has 0 radical (unpaired) electrons. The second kappa shape index (κ2) is 6.55. The van der Waals surface area contributed by atoms with Crippen molar-refractivity contribution in [2.45, 2.75) is 32.1 Å². The molecular weight excluding hydrogens is 254 g/mol. The maximum absolute atomic E-state index is 12.6. The summed E-state index contributed by atoms with van der Waals surface area (Å²) in [4.78, 5) is 25.5. The number of amides is 1. The molecule has 20 heavy (non-hydrogen) atoms. The summed E-state index contributed by atoms with van der Waals surface area (Å²) < 4.78 is 0. The molecule has 0 spiro atoms. The third-order valence-corrected chi connectivity index (χ3v) is 3.99. The van der Waals surface area contributed by atoms with Gasteiger partial charge in [0.1, 0.15) is 0 Å². The fourth-order valence-corrected chi connectivity index (χ4v) is 2.84. The summed E-state index contributed by atoms with van der Waals surface area (Å²) in [6.07, 6.45) is 2.17. The molecule has 1 fully saturated rings. The maximum atomic E-state index is 12.6. The van der Waals surface area contributed by atoms with Crippen LogP contribution in [0.1, 0.15) is 37.7 Å². The number of likely N-dealkylation sites (tertiary alicyclic amines) is 1. The maximum Gasteiger partial charge on any atom is 0.308 e. The first-order chi connectivity index (χ1) is 9.63. The average molecular weight is 275 g/mol. The molecule has 1 aromatic rings. The molecule has 2 unspecified atom stereocenters. The van der Waals surface area contributed by atoms with Crippen molar-refractivity contribution < 1.29 is 14.7 Å². The van der Waals surface area contributed by atoms with Gasteiger partial charge in [-0.25, -0.2) is 0 Å². The van der Waals surface area contributed by atoms with Crippen molar-refractivity contribution in [1.29, 1.82) is 0 Å². The Balaban J connectivity index is 2.11.